The molecule has 2 rings (SSSR count). The zero-order valence-electron chi connectivity index (χ0n) is 11.4. The molecule has 0 amide bonds. The molecule has 0 spiro atoms. The van der Waals surface area contributed by atoms with E-state index >= 15 is 0 Å². The van der Waals surface area contributed by atoms with Gasteiger partial charge in [-0.15, -0.1) is 0 Å². The number of aromatic nitrogens is 2. The molecule has 1 fully saturated rings. The summed E-state index contributed by atoms with van der Waals surface area (Å²) in [5.74, 6) is 2.73. The van der Waals surface area contributed by atoms with Gasteiger partial charge in [0.2, 0.25) is 5.89 Å². The van der Waals surface area contributed by atoms with Crippen molar-refractivity contribution in [3.05, 3.63) is 23.4 Å². The maximum Gasteiger partial charge on any atom is 0.236 e. The first-order valence-corrected chi connectivity index (χ1v) is 6.44. The van der Waals surface area contributed by atoms with Crippen molar-refractivity contribution in [2.75, 3.05) is 0 Å². The fourth-order valence-corrected chi connectivity index (χ4v) is 1.87. The second-order valence-corrected chi connectivity index (χ2v) is 5.95. The Morgan fingerprint density at radius 2 is 2.06 bits per heavy atom. The number of allylic oxidation sites excluding steroid dienone is 2. The molecule has 0 bridgehead atoms. The maximum absolute atomic E-state index is 5.43. The Labute approximate surface area is 103 Å². The largest absolute Gasteiger partial charge is 0.338 e. The second-order valence-electron chi connectivity index (χ2n) is 5.95. The molecule has 0 radical (unpaired) electrons. The highest BCUT2D eigenvalue weighted by atomic mass is 16.5. The van der Waals surface area contributed by atoms with E-state index in [2.05, 4.69) is 50.8 Å². The Bertz CT molecular complexity index is 425. The van der Waals surface area contributed by atoms with Crippen molar-refractivity contribution >= 4 is 0 Å². The van der Waals surface area contributed by atoms with Crippen LogP contribution in [0.15, 0.2) is 16.2 Å². The van der Waals surface area contributed by atoms with Crippen LogP contribution in [0.5, 0.6) is 0 Å². The SMILES string of the molecule is CC(=CC(C)C)C(C)(C)c1nc(C2CC2)no1. The topological polar surface area (TPSA) is 38.9 Å². The average Bonchev–Trinajstić information content (AvgIpc) is 2.95. The molecular weight excluding hydrogens is 212 g/mol. The van der Waals surface area contributed by atoms with Gasteiger partial charge in [0.25, 0.3) is 0 Å². The van der Waals surface area contributed by atoms with Gasteiger partial charge in [0.05, 0.1) is 5.41 Å². The predicted molar refractivity (Wildman–Crippen MR) is 67.9 cm³/mol. The molecule has 0 aromatic carbocycles. The van der Waals surface area contributed by atoms with Crippen LogP contribution in [0, 0.1) is 5.92 Å². The monoisotopic (exact) mass is 234 g/mol. The van der Waals surface area contributed by atoms with E-state index in [0.717, 1.165) is 11.7 Å². The molecule has 0 unspecified atom stereocenters. The van der Waals surface area contributed by atoms with Crippen LogP contribution in [0.4, 0.5) is 0 Å². The van der Waals surface area contributed by atoms with E-state index < -0.39 is 0 Å². The zero-order valence-corrected chi connectivity index (χ0v) is 11.4. The Hall–Kier alpha value is -1.12. The quantitative estimate of drug-likeness (QED) is 0.743. The molecule has 1 saturated carbocycles. The molecule has 1 aliphatic carbocycles. The van der Waals surface area contributed by atoms with Gasteiger partial charge in [-0.3, -0.25) is 0 Å². The standard InChI is InChI=1S/C14H22N2O/c1-9(2)8-10(3)14(4,5)13-15-12(16-17-13)11-6-7-11/h8-9,11H,6-7H2,1-5H3. The van der Waals surface area contributed by atoms with Crippen LogP contribution >= 0.6 is 0 Å². The van der Waals surface area contributed by atoms with E-state index in [-0.39, 0.29) is 5.41 Å². The van der Waals surface area contributed by atoms with E-state index in [1.54, 1.807) is 0 Å². The minimum atomic E-state index is -0.162. The first kappa shape index (κ1) is 12.3. The van der Waals surface area contributed by atoms with Crippen molar-refractivity contribution in [2.45, 2.75) is 58.8 Å². The van der Waals surface area contributed by atoms with Crippen LogP contribution in [-0.4, -0.2) is 10.1 Å². The van der Waals surface area contributed by atoms with Gasteiger partial charge in [-0.05, 0) is 39.5 Å². The smallest absolute Gasteiger partial charge is 0.236 e. The van der Waals surface area contributed by atoms with E-state index in [9.17, 15) is 0 Å². The Kier molecular flexibility index (Phi) is 3.11. The summed E-state index contributed by atoms with van der Waals surface area (Å²) in [7, 11) is 0. The third-order valence-corrected chi connectivity index (χ3v) is 3.49. The Balaban J connectivity index is 2.23. The Morgan fingerprint density at radius 3 is 2.59 bits per heavy atom. The molecule has 94 valence electrons. The molecule has 0 aliphatic heterocycles. The molecule has 0 saturated heterocycles. The van der Waals surface area contributed by atoms with E-state index in [4.69, 9.17) is 4.52 Å². The lowest BCUT2D eigenvalue weighted by atomic mass is 9.83. The summed E-state index contributed by atoms with van der Waals surface area (Å²) in [5.41, 5.74) is 1.13. The van der Waals surface area contributed by atoms with Crippen LogP contribution in [0.25, 0.3) is 0 Å². The van der Waals surface area contributed by atoms with Crippen LogP contribution in [0.3, 0.4) is 0 Å². The maximum atomic E-state index is 5.43. The van der Waals surface area contributed by atoms with Gasteiger partial charge in [0.1, 0.15) is 0 Å². The lowest BCUT2D eigenvalue weighted by molar-refractivity contribution is 0.326. The third-order valence-electron chi connectivity index (χ3n) is 3.49. The molecule has 1 aromatic rings. The highest BCUT2D eigenvalue weighted by Gasteiger charge is 2.34. The summed E-state index contributed by atoms with van der Waals surface area (Å²) in [6, 6.07) is 0. The van der Waals surface area contributed by atoms with E-state index in [0.29, 0.717) is 11.8 Å². The van der Waals surface area contributed by atoms with Crippen LogP contribution in [0.1, 0.15) is 65.1 Å². The van der Waals surface area contributed by atoms with Gasteiger partial charge < -0.3 is 4.52 Å². The van der Waals surface area contributed by atoms with Gasteiger partial charge in [-0.1, -0.05) is 30.7 Å². The van der Waals surface area contributed by atoms with Crippen molar-refractivity contribution < 1.29 is 4.52 Å². The average molecular weight is 234 g/mol. The molecule has 1 aromatic heterocycles. The molecular formula is C14H22N2O. The van der Waals surface area contributed by atoms with Gasteiger partial charge in [-0.25, -0.2) is 0 Å². The molecule has 0 N–H and O–H groups in total. The van der Waals surface area contributed by atoms with Crippen molar-refractivity contribution in [3.63, 3.8) is 0 Å². The molecule has 0 atom stereocenters. The van der Waals surface area contributed by atoms with Gasteiger partial charge in [-0.2, -0.15) is 4.98 Å². The van der Waals surface area contributed by atoms with Crippen molar-refractivity contribution in [1.82, 2.24) is 10.1 Å². The van der Waals surface area contributed by atoms with Crippen LogP contribution in [0.2, 0.25) is 0 Å². The highest BCUT2D eigenvalue weighted by molar-refractivity contribution is 5.23. The van der Waals surface area contributed by atoms with Crippen LogP contribution < -0.4 is 0 Å². The van der Waals surface area contributed by atoms with Crippen molar-refractivity contribution in [2.24, 2.45) is 5.92 Å². The number of hydrogen-bond acceptors (Lipinski definition) is 3. The fraction of sp³-hybridized carbons (Fsp3) is 0.714. The molecule has 3 nitrogen and oxygen atoms in total. The number of hydrogen-bond donors (Lipinski definition) is 0. The van der Waals surface area contributed by atoms with Crippen molar-refractivity contribution in [3.8, 4) is 0 Å². The summed E-state index contributed by atoms with van der Waals surface area (Å²) >= 11 is 0. The van der Waals surface area contributed by atoms with Crippen molar-refractivity contribution in [1.29, 1.82) is 0 Å². The molecule has 1 heterocycles. The number of rotatable bonds is 4. The molecule has 1 aliphatic rings. The Morgan fingerprint density at radius 1 is 1.41 bits per heavy atom. The third kappa shape index (κ3) is 2.59. The first-order valence-electron chi connectivity index (χ1n) is 6.44. The molecule has 3 heteroatoms. The van der Waals surface area contributed by atoms with Gasteiger partial charge >= 0.3 is 0 Å². The minimum Gasteiger partial charge on any atom is -0.338 e. The lowest BCUT2D eigenvalue weighted by Gasteiger charge is -2.21. The van der Waals surface area contributed by atoms with Gasteiger partial charge in [0, 0.05) is 5.92 Å². The fourth-order valence-electron chi connectivity index (χ4n) is 1.87. The van der Waals surface area contributed by atoms with E-state index in [1.807, 2.05) is 0 Å². The summed E-state index contributed by atoms with van der Waals surface area (Å²) < 4.78 is 5.43. The lowest BCUT2D eigenvalue weighted by Crippen LogP contribution is -2.20. The minimum absolute atomic E-state index is 0.162. The molecule has 17 heavy (non-hydrogen) atoms. The summed E-state index contributed by atoms with van der Waals surface area (Å²) in [4.78, 5) is 4.55. The van der Waals surface area contributed by atoms with E-state index in [1.165, 1.54) is 18.4 Å². The summed E-state index contributed by atoms with van der Waals surface area (Å²) in [5, 5.41) is 4.09. The normalized spacial score (nSPS) is 17.9. The summed E-state index contributed by atoms with van der Waals surface area (Å²) in [6.45, 7) is 10.8. The summed E-state index contributed by atoms with van der Waals surface area (Å²) in [6.07, 6.45) is 4.68. The predicted octanol–water partition coefficient (Wildman–Crippen LogP) is 3.83. The highest BCUT2D eigenvalue weighted by Crippen LogP contribution is 2.39. The van der Waals surface area contributed by atoms with Crippen LogP contribution in [-0.2, 0) is 5.41 Å². The zero-order chi connectivity index (χ0) is 12.6. The second kappa shape index (κ2) is 4.28. The number of nitrogens with zero attached hydrogens (tertiary/aromatic N) is 2. The first-order chi connectivity index (χ1) is 7.91. The van der Waals surface area contributed by atoms with Gasteiger partial charge in [0.15, 0.2) is 5.82 Å².